The van der Waals surface area contributed by atoms with Gasteiger partial charge in [0.25, 0.3) is 5.56 Å². The number of halogens is 2. The van der Waals surface area contributed by atoms with Crippen LogP contribution in [0.4, 0.5) is 5.95 Å². The highest BCUT2D eigenvalue weighted by Crippen LogP contribution is 2.19. The fraction of sp³-hybridized carbons (Fsp3) is 0. The van der Waals surface area contributed by atoms with Gasteiger partial charge >= 0.3 is 0 Å². The van der Waals surface area contributed by atoms with Crippen LogP contribution < -0.4 is 11.0 Å². The fourth-order valence-corrected chi connectivity index (χ4v) is 2.49. The van der Waals surface area contributed by atoms with Crippen molar-refractivity contribution in [2.45, 2.75) is 0 Å². The lowest BCUT2D eigenvalue weighted by atomic mass is 10.1. The maximum Gasteiger partial charge on any atom is 0.252 e. The molecule has 0 spiro atoms. The number of hydrogen-bond acceptors (Lipinski definition) is 4. The summed E-state index contributed by atoms with van der Waals surface area (Å²) in [6.45, 7) is 0. The van der Waals surface area contributed by atoms with Crippen molar-refractivity contribution in [2.75, 3.05) is 5.43 Å². The second kappa shape index (κ2) is 7.29. The third-order valence-corrected chi connectivity index (χ3v) is 3.71. The molecule has 3 aromatic rings. The molecule has 0 saturated carbocycles. The number of anilines is 1. The van der Waals surface area contributed by atoms with E-state index in [1.807, 2.05) is 30.3 Å². The van der Waals surface area contributed by atoms with Gasteiger partial charge in [-0.1, -0.05) is 59.6 Å². The molecule has 5 nitrogen and oxygen atoms in total. The van der Waals surface area contributed by atoms with Gasteiger partial charge in [0.15, 0.2) is 0 Å². The second-order valence-corrected chi connectivity index (χ2v) is 5.72. The molecular formula is C17H12Cl2N4O. The zero-order valence-electron chi connectivity index (χ0n) is 12.3. The number of rotatable bonds is 4. The van der Waals surface area contributed by atoms with Crippen molar-refractivity contribution in [2.24, 2.45) is 5.10 Å². The van der Waals surface area contributed by atoms with Crippen LogP contribution in [0.25, 0.3) is 11.3 Å². The van der Waals surface area contributed by atoms with E-state index < -0.39 is 0 Å². The molecule has 0 unspecified atom stereocenters. The first kappa shape index (κ1) is 16.2. The van der Waals surface area contributed by atoms with Crippen molar-refractivity contribution in [1.82, 2.24) is 9.97 Å². The van der Waals surface area contributed by atoms with E-state index in [2.05, 4.69) is 20.5 Å². The largest absolute Gasteiger partial charge is 0.291 e. The number of nitrogens with zero attached hydrogens (tertiary/aromatic N) is 2. The van der Waals surface area contributed by atoms with Gasteiger partial charge in [0.1, 0.15) is 0 Å². The normalized spacial score (nSPS) is 10.9. The number of benzene rings is 2. The number of H-pyrrole nitrogens is 1. The molecule has 0 saturated heterocycles. The first-order valence-corrected chi connectivity index (χ1v) is 7.78. The summed E-state index contributed by atoms with van der Waals surface area (Å²) in [6.07, 6.45) is 1.52. The average Bonchev–Trinajstić information content (AvgIpc) is 2.57. The van der Waals surface area contributed by atoms with Gasteiger partial charge in [0, 0.05) is 22.2 Å². The summed E-state index contributed by atoms with van der Waals surface area (Å²) in [7, 11) is 0. The Balaban J connectivity index is 1.82. The average molecular weight is 359 g/mol. The summed E-state index contributed by atoms with van der Waals surface area (Å²) in [5.41, 5.74) is 4.52. The second-order valence-electron chi connectivity index (χ2n) is 4.88. The highest BCUT2D eigenvalue weighted by atomic mass is 35.5. The molecular weight excluding hydrogens is 347 g/mol. The minimum Gasteiger partial charge on any atom is -0.291 e. The van der Waals surface area contributed by atoms with Crippen LogP contribution in [0.2, 0.25) is 10.0 Å². The van der Waals surface area contributed by atoms with Crippen LogP contribution >= 0.6 is 23.2 Å². The lowest BCUT2D eigenvalue weighted by Gasteiger charge is -2.04. The minimum atomic E-state index is -0.272. The molecule has 2 N–H and O–H groups in total. The number of hydrogen-bond donors (Lipinski definition) is 2. The first-order chi connectivity index (χ1) is 11.6. The van der Waals surface area contributed by atoms with Crippen LogP contribution in [-0.4, -0.2) is 16.2 Å². The molecule has 0 amide bonds. The summed E-state index contributed by atoms with van der Waals surface area (Å²) in [5.74, 6) is 0.239. The summed E-state index contributed by atoms with van der Waals surface area (Å²) in [5, 5.41) is 5.07. The Kier molecular flexibility index (Phi) is 4.93. The maximum absolute atomic E-state index is 11.8. The number of aromatic nitrogens is 2. The van der Waals surface area contributed by atoms with Crippen molar-refractivity contribution >= 4 is 35.4 Å². The molecule has 0 radical (unpaired) electrons. The predicted octanol–water partition coefficient (Wildman–Crippen LogP) is 4.19. The van der Waals surface area contributed by atoms with E-state index in [1.165, 1.54) is 12.3 Å². The van der Waals surface area contributed by atoms with Crippen LogP contribution in [-0.2, 0) is 0 Å². The molecule has 0 atom stereocenters. The van der Waals surface area contributed by atoms with Gasteiger partial charge < -0.3 is 0 Å². The molecule has 0 aliphatic heterocycles. The van der Waals surface area contributed by atoms with Gasteiger partial charge in [-0.05, 0) is 12.1 Å². The smallest absolute Gasteiger partial charge is 0.252 e. The Morgan fingerprint density at radius 1 is 1.08 bits per heavy atom. The van der Waals surface area contributed by atoms with E-state index in [-0.39, 0.29) is 11.5 Å². The molecule has 24 heavy (non-hydrogen) atoms. The SMILES string of the molecule is O=c1cc(-c2ccccc2)nc(N/N=C/c2ccc(Cl)cc2Cl)[nH]1. The summed E-state index contributed by atoms with van der Waals surface area (Å²) < 4.78 is 0. The Morgan fingerprint density at radius 2 is 1.88 bits per heavy atom. The van der Waals surface area contributed by atoms with Gasteiger partial charge in [0.05, 0.1) is 16.9 Å². The molecule has 0 fully saturated rings. The van der Waals surface area contributed by atoms with Crippen molar-refractivity contribution in [3.8, 4) is 11.3 Å². The molecule has 0 aliphatic carbocycles. The molecule has 0 bridgehead atoms. The van der Waals surface area contributed by atoms with E-state index >= 15 is 0 Å². The van der Waals surface area contributed by atoms with Crippen LogP contribution in [0, 0.1) is 0 Å². The van der Waals surface area contributed by atoms with Crippen molar-refractivity contribution < 1.29 is 0 Å². The third kappa shape index (κ3) is 4.01. The molecule has 1 aromatic heterocycles. The van der Waals surface area contributed by atoms with E-state index in [4.69, 9.17) is 23.2 Å². The van der Waals surface area contributed by atoms with E-state index in [1.54, 1.807) is 18.2 Å². The Labute approximate surface area is 148 Å². The van der Waals surface area contributed by atoms with Crippen molar-refractivity contribution in [1.29, 1.82) is 0 Å². The first-order valence-electron chi connectivity index (χ1n) is 7.03. The van der Waals surface area contributed by atoms with E-state index in [0.717, 1.165) is 5.56 Å². The van der Waals surface area contributed by atoms with E-state index in [0.29, 0.717) is 21.3 Å². The lowest BCUT2D eigenvalue weighted by molar-refractivity contribution is 1.09. The van der Waals surface area contributed by atoms with Crippen molar-refractivity contribution in [3.63, 3.8) is 0 Å². The third-order valence-electron chi connectivity index (χ3n) is 3.15. The highest BCUT2D eigenvalue weighted by Gasteiger charge is 2.03. The zero-order valence-corrected chi connectivity index (χ0v) is 13.8. The summed E-state index contributed by atoms with van der Waals surface area (Å²) in [4.78, 5) is 18.7. The van der Waals surface area contributed by atoms with E-state index in [9.17, 15) is 4.79 Å². The standard InChI is InChI=1S/C17H12Cl2N4O/c18-13-7-6-12(14(19)8-13)10-20-23-17-21-15(9-16(24)22-17)11-4-2-1-3-5-11/h1-10H,(H2,21,22,23,24)/b20-10+. The topological polar surface area (TPSA) is 70.1 Å². The molecule has 0 aliphatic rings. The predicted molar refractivity (Wildman–Crippen MR) is 98.0 cm³/mol. The fourth-order valence-electron chi connectivity index (χ4n) is 2.04. The van der Waals surface area contributed by atoms with Gasteiger partial charge in [0.2, 0.25) is 5.95 Å². The Hall–Kier alpha value is -2.63. The zero-order chi connectivity index (χ0) is 16.9. The molecule has 120 valence electrons. The van der Waals surface area contributed by atoms with Crippen LogP contribution in [0.5, 0.6) is 0 Å². The Bertz CT molecular complexity index is 939. The van der Waals surface area contributed by atoms with Crippen LogP contribution in [0.15, 0.2) is 64.5 Å². The van der Waals surface area contributed by atoms with Gasteiger partial charge in [-0.15, -0.1) is 0 Å². The number of nitrogens with one attached hydrogen (secondary N) is 2. The van der Waals surface area contributed by atoms with Gasteiger partial charge in [-0.3, -0.25) is 9.78 Å². The van der Waals surface area contributed by atoms with Gasteiger partial charge in [-0.25, -0.2) is 10.4 Å². The monoisotopic (exact) mass is 358 g/mol. The molecule has 1 heterocycles. The number of hydrazone groups is 1. The molecule has 7 heteroatoms. The summed E-state index contributed by atoms with van der Waals surface area (Å²) in [6, 6.07) is 15.9. The van der Waals surface area contributed by atoms with Crippen LogP contribution in [0.3, 0.4) is 0 Å². The maximum atomic E-state index is 11.8. The quantitative estimate of drug-likeness (QED) is 0.542. The van der Waals surface area contributed by atoms with Crippen LogP contribution in [0.1, 0.15) is 5.56 Å². The van der Waals surface area contributed by atoms with Gasteiger partial charge in [-0.2, -0.15) is 5.10 Å². The molecule has 3 rings (SSSR count). The number of aromatic amines is 1. The van der Waals surface area contributed by atoms with Crippen molar-refractivity contribution in [3.05, 3.63) is 80.6 Å². The summed E-state index contributed by atoms with van der Waals surface area (Å²) >= 11 is 11.9. The highest BCUT2D eigenvalue weighted by molar-refractivity contribution is 6.36. The lowest BCUT2D eigenvalue weighted by Crippen LogP contribution is -2.10. The Morgan fingerprint density at radius 3 is 2.62 bits per heavy atom. The molecule has 2 aromatic carbocycles. The minimum absolute atomic E-state index is 0.239.